The summed E-state index contributed by atoms with van der Waals surface area (Å²) in [7, 11) is 0. The Hall–Kier alpha value is -2.18. The van der Waals surface area contributed by atoms with Crippen molar-refractivity contribution in [2.24, 2.45) is 0 Å². The predicted octanol–water partition coefficient (Wildman–Crippen LogP) is 4.18. The molecule has 122 valence electrons. The molecular formula is C18H15BrN2O2S. The number of hydrogen-bond donors (Lipinski definition) is 1. The third kappa shape index (κ3) is 3.49. The molecule has 4 nitrogen and oxygen atoms in total. The van der Waals surface area contributed by atoms with Gasteiger partial charge < -0.3 is 9.88 Å². The summed E-state index contributed by atoms with van der Waals surface area (Å²) in [6.45, 7) is 4.62. The van der Waals surface area contributed by atoms with Gasteiger partial charge in [0.25, 0.3) is 5.91 Å². The third-order valence-corrected chi connectivity index (χ3v) is 5.20. The number of hydrogen-bond acceptors (Lipinski definition) is 3. The fourth-order valence-corrected chi connectivity index (χ4v) is 4.05. The minimum atomic E-state index is -0.283. The Kier molecular flexibility index (Phi) is 4.97. The molecule has 6 heteroatoms. The van der Waals surface area contributed by atoms with Crippen molar-refractivity contribution >= 4 is 44.1 Å². The Morgan fingerprint density at radius 3 is 2.79 bits per heavy atom. The second kappa shape index (κ2) is 7.15. The maximum atomic E-state index is 13.0. The van der Waals surface area contributed by atoms with Crippen LogP contribution in [0.3, 0.4) is 0 Å². The summed E-state index contributed by atoms with van der Waals surface area (Å²) in [5.74, 6) is -0.179. The Morgan fingerprint density at radius 2 is 2.08 bits per heavy atom. The molecule has 3 rings (SSSR count). The number of halogens is 1. The van der Waals surface area contributed by atoms with Crippen molar-refractivity contribution in [2.75, 3.05) is 6.54 Å². The minimum absolute atomic E-state index is 0.179. The van der Waals surface area contributed by atoms with Crippen LogP contribution in [0.5, 0.6) is 0 Å². The molecule has 0 aliphatic heterocycles. The second-order valence-electron chi connectivity index (χ2n) is 5.27. The van der Waals surface area contributed by atoms with Gasteiger partial charge in [-0.3, -0.25) is 9.59 Å². The minimum Gasteiger partial charge on any atom is -0.330 e. The molecule has 2 aromatic heterocycles. The molecule has 0 atom stereocenters. The number of thiophene rings is 1. The first-order valence-electron chi connectivity index (χ1n) is 7.35. The second-order valence-corrected chi connectivity index (χ2v) is 7.82. The van der Waals surface area contributed by atoms with Crippen LogP contribution in [0.4, 0.5) is 0 Å². The van der Waals surface area contributed by atoms with Crippen LogP contribution >= 0.6 is 27.3 Å². The van der Waals surface area contributed by atoms with E-state index in [-0.39, 0.29) is 11.5 Å². The van der Waals surface area contributed by atoms with Crippen LogP contribution in [0.1, 0.15) is 15.2 Å². The van der Waals surface area contributed by atoms with Crippen molar-refractivity contribution in [2.45, 2.75) is 6.54 Å². The normalized spacial score (nSPS) is 10.7. The molecule has 1 amide bonds. The van der Waals surface area contributed by atoms with Crippen molar-refractivity contribution in [1.29, 1.82) is 0 Å². The number of para-hydroxylation sites is 1. The average Bonchev–Trinajstić information content (AvgIpc) is 2.98. The Balaban J connectivity index is 2.01. The van der Waals surface area contributed by atoms with Gasteiger partial charge in [0.05, 0.1) is 15.9 Å². The number of aromatic nitrogens is 1. The topological polar surface area (TPSA) is 53.2 Å². The molecule has 24 heavy (non-hydrogen) atoms. The monoisotopic (exact) mass is 402 g/mol. The highest BCUT2D eigenvalue weighted by Crippen LogP contribution is 2.24. The van der Waals surface area contributed by atoms with Gasteiger partial charge in [-0.15, -0.1) is 17.9 Å². The highest BCUT2D eigenvalue weighted by atomic mass is 79.9. The average molecular weight is 403 g/mol. The molecule has 1 N–H and O–H groups in total. The van der Waals surface area contributed by atoms with Crippen molar-refractivity contribution in [3.63, 3.8) is 0 Å². The molecule has 0 aliphatic carbocycles. The number of amides is 1. The Morgan fingerprint density at radius 1 is 1.29 bits per heavy atom. The van der Waals surface area contributed by atoms with Gasteiger partial charge >= 0.3 is 0 Å². The number of benzene rings is 1. The maximum Gasteiger partial charge on any atom is 0.255 e. The Bertz CT molecular complexity index is 961. The lowest BCUT2D eigenvalue weighted by molar-refractivity contribution is 0.0766. The van der Waals surface area contributed by atoms with Gasteiger partial charge in [0, 0.05) is 28.4 Å². The first kappa shape index (κ1) is 16.7. The SMILES string of the molecule is C=CCN(Cc1ccc(Br)s1)C(=O)c1cc(=O)[nH]c2ccccc12. The highest BCUT2D eigenvalue weighted by Gasteiger charge is 2.19. The summed E-state index contributed by atoms with van der Waals surface area (Å²) in [4.78, 5) is 30.4. The lowest BCUT2D eigenvalue weighted by Gasteiger charge is -2.21. The van der Waals surface area contributed by atoms with Crippen LogP contribution in [-0.4, -0.2) is 22.3 Å². The molecule has 0 radical (unpaired) electrons. The highest BCUT2D eigenvalue weighted by molar-refractivity contribution is 9.11. The molecule has 2 heterocycles. The predicted molar refractivity (Wildman–Crippen MR) is 102 cm³/mol. The summed E-state index contributed by atoms with van der Waals surface area (Å²) < 4.78 is 1.02. The van der Waals surface area contributed by atoms with E-state index in [1.165, 1.54) is 6.07 Å². The van der Waals surface area contributed by atoms with Crippen LogP contribution < -0.4 is 5.56 Å². The molecule has 0 spiro atoms. The number of aromatic amines is 1. The van der Waals surface area contributed by atoms with Gasteiger partial charge in [-0.25, -0.2) is 0 Å². The van der Waals surface area contributed by atoms with Gasteiger partial charge in [0.2, 0.25) is 5.56 Å². The zero-order valence-electron chi connectivity index (χ0n) is 12.8. The fraction of sp³-hybridized carbons (Fsp3) is 0.111. The third-order valence-electron chi connectivity index (χ3n) is 3.59. The van der Waals surface area contributed by atoms with Gasteiger partial charge in [0.15, 0.2) is 0 Å². The van der Waals surface area contributed by atoms with E-state index in [0.29, 0.717) is 24.2 Å². The first-order valence-corrected chi connectivity index (χ1v) is 8.96. The largest absolute Gasteiger partial charge is 0.330 e. The number of carbonyl (C=O) groups excluding carboxylic acids is 1. The number of rotatable bonds is 5. The van der Waals surface area contributed by atoms with Crippen LogP contribution in [0.2, 0.25) is 0 Å². The smallest absolute Gasteiger partial charge is 0.255 e. The molecule has 3 aromatic rings. The van der Waals surface area contributed by atoms with Gasteiger partial charge in [-0.1, -0.05) is 24.3 Å². The van der Waals surface area contributed by atoms with E-state index in [0.717, 1.165) is 14.0 Å². The van der Waals surface area contributed by atoms with Crippen molar-refractivity contribution in [1.82, 2.24) is 9.88 Å². The number of carbonyl (C=O) groups is 1. The first-order chi connectivity index (χ1) is 11.6. The number of fused-ring (bicyclic) bond motifs is 1. The standard InChI is InChI=1S/C18H15BrN2O2S/c1-2-9-21(11-12-7-8-16(19)24-12)18(23)14-10-17(22)20-15-6-4-3-5-13(14)15/h2-8,10H,1,9,11H2,(H,20,22). The van der Waals surface area contributed by atoms with Crippen LogP contribution in [0.25, 0.3) is 10.9 Å². The summed E-state index contributed by atoms with van der Waals surface area (Å²) in [6.07, 6.45) is 1.69. The number of pyridine rings is 1. The lowest BCUT2D eigenvalue weighted by atomic mass is 10.1. The molecule has 1 aromatic carbocycles. The van der Waals surface area contributed by atoms with E-state index in [9.17, 15) is 9.59 Å². The molecule has 0 unspecified atom stereocenters. The zero-order chi connectivity index (χ0) is 17.1. The van der Waals surface area contributed by atoms with Gasteiger partial charge in [-0.2, -0.15) is 0 Å². The van der Waals surface area contributed by atoms with Gasteiger partial charge in [0.1, 0.15) is 0 Å². The molecular weight excluding hydrogens is 388 g/mol. The van der Waals surface area contributed by atoms with E-state index < -0.39 is 0 Å². The van der Waals surface area contributed by atoms with Crippen molar-refractivity contribution < 1.29 is 4.79 Å². The summed E-state index contributed by atoms with van der Waals surface area (Å²) >= 11 is 5.02. The number of nitrogens with one attached hydrogen (secondary N) is 1. The maximum absolute atomic E-state index is 13.0. The molecule has 0 aliphatic rings. The van der Waals surface area contributed by atoms with E-state index in [4.69, 9.17) is 0 Å². The van der Waals surface area contributed by atoms with Crippen LogP contribution in [0.15, 0.2) is 63.7 Å². The van der Waals surface area contributed by atoms with Gasteiger partial charge in [-0.05, 0) is 34.1 Å². The molecule has 0 fully saturated rings. The fourth-order valence-electron chi connectivity index (χ4n) is 2.55. The van der Waals surface area contributed by atoms with E-state index in [2.05, 4.69) is 27.5 Å². The summed E-state index contributed by atoms with van der Waals surface area (Å²) in [5.41, 5.74) is 0.784. The molecule has 0 saturated carbocycles. The molecule has 0 saturated heterocycles. The summed E-state index contributed by atoms with van der Waals surface area (Å²) in [6, 6.07) is 12.6. The zero-order valence-corrected chi connectivity index (χ0v) is 15.2. The summed E-state index contributed by atoms with van der Waals surface area (Å²) in [5, 5.41) is 0.739. The molecule has 0 bridgehead atoms. The number of nitrogens with zero attached hydrogens (tertiary/aromatic N) is 1. The quantitative estimate of drug-likeness (QED) is 0.650. The van der Waals surface area contributed by atoms with E-state index in [1.807, 2.05) is 30.3 Å². The Labute approximate surface area is 151 Å². The lowest BCUT2D eigenvalue weighted by Crippen LogP contribution is -2.31. The van der Waals surface area contributed by atoms with Crippen molar-refractivity contribution in [3.8, 4) is 0 Å². The van der Waals surface area contributed by atoms with Crippen LogP contribution in [0, 0.1) is 0 Å². The van der Waals surface area contributed by atoms with Crippen LogP contribution in [-0.2, 0) is 6.54 Å². The van der Waals surface area contributed by atoms with Crippen molar-refractivity contribution in [3.05, 3.63) is 79.7 Å². The number of H-pyrrole nitrogens is 1. The van der Waals surface area contributed by atoms with E-state index >= 15 is 0 Å². The van der Waals surface area contributed by atoms with E-state index in [1.54, 1.807) is 28.4 Å².